The summed E-state index contributed by atoms with van der Waals surface area (Å²) >= 11 is 0. The van der Waals surface area contributed by atoms with Gasteiger partial charge in [0.2, 0.25) is 0 Å². The highest BCUT2D eigenvalue weighted by Crippen LogP contribution is 2.10. The third-order valence-electron chi connectivity index (χ3n) is 3.19. The molecule has 136 valence electrons. The standard InChI is InChI=1S/C15H30N4O3.HI/c1-15(2,3)22-14(20)19(5)9-8-17-13(16-4)18-11-12-7-6-10-21-12;/h12H,6-11H2,1-5H3,(H2,16,17,18);1H. The molecular formula is C15H31IN4O3. The Balaban J connectivity index is 0.00000484. The van der Waals surface area contributed by atoms with Gasteiger partial charge in [0.25, 0.3) is 0 Å². The molecule has 1 aliphatic heterocycles. The average Bonchev–Trinajstić information content (AvgIpc) is 2.93. The van der Waals surface area contributed by atoms with Crippen LogP contribution in [0.3, 0.4) is 0 Å². The number of halogens is 1. The predicted octanol–water partition coefficient (Wildman–Crippen LogP) is 1.82. The summed E-state index contributed by atoms with van der Waals surface area (Å²) in [6, 6.07) is 0. The van der Waals surface area contributed by atoms with Crippen molar-refractivity contribution in [3.63, 3.8) is 0 Å². The Morgan fingerprint density at radius 1 is 1.39 bits per heavy atom. The Hall–Kier alpha value is -0.770. The van der Waals surface area contributed by atoms with Crippen molar-refractivity contribution in [1.82, 2.24) is 15.5 Å². The van der Waals surface area contributed by atoms with E-state index in [-0.39, 0.29) is 36.2 Å². The van der Waals surface area contributed by atoms with E-state index in [1.165, 1.54) is 0 Å². The normalized spacial score (nSPS) is 18.1. The predicted molar refractivity (Wildman–Crippen MR) is 103 cm³/mol. The van der Waals surface area contributed by atoms with Crippen LogP contribution >= 0.6 is 24.0 Å². The molecule has 1 unspecified atom stereocenters. The number of nitrogens with zero attached hydrogens (tertiary/aromatic N) is 2. The van der Waals surface area contributed by atoms with Gasteiger partial charge in [0.1, 0.15) is 5.60 Å². The molecule has 0 saturated carbocycles. The van der Waals surface area contributed by atoms with E-state index in [0.717, 1.165) is 26.0 Å². The third kappa shape index (κ3) is 9.85. The maximum atomic E-state index is 11.8. The average molecular weight is 442 g/mol. The molecule has 8 heteroatoms. The van der Waals surface area contributed by atoms with Crippen molar-refractivity contribution in [2.75, 3.05) is 40.3 Å². The number of aliphatic imine (C=N–C) groups is 1. The van der Waals surface area contributed by atoms with Gasteiger partial charge in [-0.15, -0.1) is 24.0 Å². The van der Waals surface area contributed by atoms with Crippen LogP contribution in [-0.4, -0.2) is 69.0 Å². The number of hydrogen-bond donors (Lipinski definition) is 2. The lowest BCUT2D eigenvalue weighted by atomic mass is 10.2. The zero-order chi connectivity index (χ0) is 16.6. The second-order valence-corrected chi connectivity index (χ2v) is 6.42. The molecule has 1 aliphatic rings. The Morgan fingerprint density at radius 3 is 2.61 bits per heavy atom. The fraction of sp³-hybridized carbons (Fsp3) is 0.867. The van der Waals surface area contributed by atoms with Gasteiger partial charge < -0.3 is 25.0 Å². The van der Waals surface area contributed by atoms with Crippen LogP contribution < -0.4 is 10.6 Å². The summed E-state index contributed by atoms with van der Waals surface area (Å²) in [5, 5.41) is 6.41. The zero-order valence-electron chi connectivity index (χ0n) is 14.8. The van der Waals surface area contributed by atoms with Gasteiger partial charge in [-0.3, -0.25) is 4.99 Å². The monoisotopic (exact) mass is 442 g/mol. The molecule has 0 radical (unpaired) electrons. The van der Waals surface area contributed by atoms with Crippen LogP contribution in [0.1, 0.15) is 33.6 Å². The number of carbonyl (C=O) groups is 1. The fourth-order valence-corrected chi connectivity index (χ4v) is 2.01. The number of carbonyl (C=O) groups excluding carboxylic acids is 1. The SMILES string of the molecule is CN=C(NCCN(C)C(=O)OC(C)(C)C)NCC1CCCO1.I. The van der Waals surface area contributed by atoms with Gasteiger partial charge in [0.15, 0.2) is 5.96 Å². The smallest absolute Gasteiger partial charge is 0.410 e. The molecule has 1 amide bonds. The molecule has 1 fully saturated rings. The highest BCUT2D eigenvalue weighted by Gasteiger charge is 2.19. The van der Waals surface area contributed by atoms with E-state index in [4.69, 9.17) is 9.47 Å². The van der Waals surface area contributed by atoms with E-state index in [1.807, 2.05) is 20.8 Å². The van der Waals surface area contributed by atoms with E-state index >= 15 is 0 Å². The van der Waals surface area contributed by atoms with Gasteiger partial charge in [0.05, 0.1) is 6.10 Å². The van der Waals surface area contributed by atoms with Crippen LogP contribution in [-0.2, 0) is 9.47 Å². The van der Waals surface area contributed by atoms with E-state index in [9.17, 15) is 4.79 Å². The Morgan fingerprint density at radius 2 is 2.09 bits per heavy atom. The largest absolute Gasteiger partial charge is 0.444 e. The van der Waals surface area contributed by atoms with E-state index < -0.39 is 5.60 Å². The van der Waals surface area contributed by atoms with Gasteiger partial charge in [-0.25, -0.2) is 4.79 Å². The Bertz CT molecular complexity index is 379. The molecule has 0 bridgehead atoms. The first-order valence-electron chi connectivity index (χ1n) is 7.82. The first-order chi connectivity index (χ1) is 10.3. The molecule has 0 aromatic rings. The summed E-state index contributed by atoms with van der Waals surface area (Å²) < 4.78 is 10.8. The number of hydrogen-bond acceptors (Lipinski definition) is 4. The second-order valence-electron chi connectivity index (χ2n) is 6.42. The van der Waals surface area contributed by atoms with Crippen molar-refractivity contribution in [3.05, 3.63) is 0 Å². The van der Waals surface area contributed by atoms with Crippen molar-refractivity contribution >= 4 is 36.0 Å². The molecular weight excluding hydrogens is 411 g/mol. The fourth-order valence-electron chi connectivity index (χ4n) is 2.01. The number of guanidine groups is 1. The Kier molecular flexibility index (Phi) is 10.5. The van der Waals surface area contributed by atoms with E-state index in [0.29, 0.717) is 19.0 Å². The number of ether oxygens (including phenoxy) is 2. The van der Waals surface area contributed by atoms with E-state index in [1.54, 1.807) is 19.0 Å². The molecule has 2 N–H and O–H groups in total. The topological polar surface area (TPSA) is 75.2 Å². The molecule has 1 rings (SSSR count). The molecule has 7 nitrogen and oxygen atoms in total. The lowest BCUT2D eigenvalue weighted by molar-refractivity contribution is 0.0302. The summed E-state index contributed by atoms with van der Waals surface area (Å²) in [7, 11) is 3.45. The van der Waals surface area contributed by atoms with Crippen LogP contribution in [0.5, 0.6) is 0 Å². The minimum absolute atomic E-state index is 0. The van der Waals surface area contributed by atoms with Gasteiger partial charge in [0, 0.05) is 40.3 Å². The van der Waals surface area contributed by atoms with E-state index in [2.05, 4.69) is 15.6 Å². The number of nitrogens with one attached hydrogen (secondary N) is 2. The summed E-state index contributed by atoms with van der Waals surface area (Å²) in [5.74, 6) is 0.716. The molecule has 1 atom stereocenters. The molecule has 23 heavy (non-hydrogen) atoms. The molecule has 0 aliphatic carbocycles. The lowest BCUT2D eigenvalue weighted by Crippen LogP contribution is -2.44. The molecule has 0 aromatic carbocycles. The number of rotatable bonds is 5. The number of amides is 1. The minimum atomic E-state index is -0.475. The summed E-state index contributed by atoms with van der Waals surface area (Å²) in [5.41, 5.74) is -0.475. The van der Waals surface area contributed by atoms with Crippen LogP contribution in [0.15, 0.2) is 4.99 Å². The van der Waals surface area contributed by atoms with Gasteiger partial charge in [-0.05, 0) is 33.6 Å². The van der Waals surface area contributed by atoms with Crippen LogP contribution in [0.4, 0.5) is 4.79 Å². The Labute approximate surface area is 156 Å². The van der Waals surface area contributed by atoms with Crippen molar-refractivity contribution in [1.29, 1.82) is 0 Å². The maximum Gasteiger partial charge on any atom is 0.410 e. The molecule has 0 aromatic heterocycles. The van der Waals surface area contributed by atoms with Crippen molar-refractivity contribution in [2.24, 2.45) is 4.99 Å². The maximum absolute atomic E-state index is 11.8. The first kappa shape index (κ1) is 22.2. The lowest BCUT2D eigenvalue weighted by Gasteiger charge is -2.25. The quantitative estimate of drug-likeness (QED) is 0.386. The summed E-state index contributed by atoms with van der Waals surface area (Å²) in [6.07, 6.45) is 2.16. The van der Waals surface area contributed by atoms with Crippen LogP contribution in [0.25, 0.3) is 0 Å². The highest BCUT2D eigenvalue weighted by molar-refractivity contribution is 14.0. The van der Waals surface area contributed by atoms with Gasteiger partial charge in [-0.2, -0.15) is 0 Å². The third-order valence-corrected chi connectivity index (χ3v) is 3.19. The van der Waals surface area contributed by atoms with Crippen molar-refractivity contribution < 1.29 is 14.3 Å². The number of likely N-dealkylation sites (N-methyl/N-ethyl adjacent to an activating group) is 1. The molecule has 1 heterocycles. The zero-order valence-corrected chi connectivity index (χ0v) is 17.2. The summed E-state index contributed by atoms with van der Waals surface area (Å²) in [6.45, 7) is 8.30. The van der Waals surface area contributed by atoms with Crippen LogP contribution in [0, 0.1) is 0 Å². The van der Waals surface area contributed by atoms with Gasteiger partial charge >= 0.3 is 6.09 Å². The van der Waals surface area contributed by atoms with Crippen LogP contribution in [0.2, 0.25) is 0 Å². The summed E-state index contributed by atoms with van der Waals surface area (Å²) in [4.78, 5) is 17.5. The highest BCUT2D eigenvalue weighted by atomic mass is 127. The second kappa shape index (κ2) is 10.9. The van der Waals surface area contributed by atoms with Gasteiger partial charge in [-0.1, -0.05) is 0 Å². The first-order valence-corrected chi connectivity index (χ1v) is 7.82. The minimum Gasteiger partial charge on any atom is -0.444 e. The molecule has 1 saturated heterocycles. The van der Waals surface area contributed by atoms with Crippen molar-refractivity contribution in [3.8, 4) is 0 Å². The molecule has 0 spiro atoms. The van der Waals surface area contributed by atoms with Crippen molar-refractivity contribution in [2.45, 2.75) is 45.3 Å².